The van der Waals surface area contributed by atoms with Gasteiger partial charge in [0.25, 0.3) is 0 Å². The first-order valence-electron chi connectivity index (χ1n) is 6.38. The number of carbonyl (C=O) groups excluding carboxylic acids is 1. The summed E-state index contributed by atoms with van der Waals surface area (Å²) in [6.45, 7) is 1.79. The maximum absolute atomic E-state index is 11.9. The number of carboxylic acid groups (broad SMARTS) is 1. The lowest BCUT2D eigenvalue weighted by Crippen LogP contribution is -2.39. The molecule has 2 N–H and O–H groups in total. The van der Waals surface area contributed by atoms with Crippen LogP contribution in [0.15, 0.2) is 46.7 Å². The lowest BCUT2D eigenvalue weighted by atomic mass is 10.2. The van der Waals surface area contributed by atoms with Gasteiger partial charge in [-0.2, -0.15) is 0 Å². The van der Waals surface area contributed by atoms with E-state index < -0.39 is 27.8 Å². The Morgan fingerprint density at radius 2 is 1.90 bits per heavy atom. The molecule has 0 fully saturated rings. The van der Waals surface area contributed by atoms with Gasteiger partial charge >= 0.3 is 5.97 Å². The third kappa shape index (κ3) is 5.39. The Kier molecular flexibility index (Phi) is 6.10. The highest BCUT2D eigenvalue weighted by atomic mass is 32.2. The largest absolute Gasteiger partial charge is 0.480 e. The fourth-order valence-electron chi connectivity index (χ4n) is 1.61. The molecule has 1 aromatic rings. The Labute approximate surface area is 123 Å². The van der Waals surface area contributed by atoms with Gasteiger partial charge in [-0.3, -0.25) is 4.79 Å². The van der Waals surface area contributed by atoms with Crippen LogP contribution in [0.2, 0.25) is 0 Å². The first-order valence-corrected chi connectivity index (χ1v) is 7.93. The zero-order valence-electron chi connectivity index (χ0n) is 11.5. The van der Waals surface area contributed by atoms with Gasteiger partial charge in [-0.15, -0.1) is 0 Å². The Hall–Kier alpha value is -2.15. The summed E-state index contributed by atoms with van der Waals surface area (Å²) >= 11 is 0. The van der Waals surface area contributed by atoms with E-state index >= 15 is 0 Å². The van der Waals surface area contributed by atoms with Gasteiger partial charge in [-0.1, -0.05) is 31.5 Å². The molecule has 1 unspecified atom stereocenters. The highest BCUT2D eigenvalue weighted by Crippen LogP contribution is 2.10. The molecule has 0 bridgehead atoms. The lowest BCUT2D eigenvalue weighted by molar-refractivity contribution is -0.141. The van der Waals surface area contributed by atoms with E-state index in [2.05, 4.69) is 5.32 Å². The number of carbonyl (C=O) groups is 2. The molecule has 0 saturated carbocycles. The second-order valence-electron chi connectivity index (χ2n) is 4.35. The number of rotatable bonds is 7. The maximum Gasteiger partial charge on any atom is 0.326 e. The summed E-state index contributed by atoms with van der Waals surface area (Å²) in [6.07, 6.45) is 1.69. The summed E-state index contributed by atoms with van der Waals surface area (Å²) in [5.74, 6) is -1.90. The molecule has 0 heterocycles. The average molecular weight is 311 g/mol. The van der Waals surface area contributed by atoms with Crippen molar-refractivity contribution in [1.29, 1.82) is 0 Å². The minimum atomic E-state index is -3.71. The van der Waals surface area contributed by atoms with Gasteiger partial charge in [0, 0.05) is 11.5 Å². The van der Waals surface area contributed by atoms with Crippen LogP contribution in [0, 0.1) is 0 Å². The molecule has 21 heavy (non-hydrogen) atoms. The number of sulfone groups is 1. The number of aliphatic carboxylic acids is 1. The van der Waals surface area contributed by atoms with Crippen LogP contribution < -0.4 is 5.32 Å². The van der Waals surface area contributed by atoms with E-state index in [1.807, 2.05) is 0 Å². The molecule has 7 heteroatoms. The van der Waals surface area contributed by atoms with Crippen molar-refractivity contribution in [2.24, 2.45) is 0 Å². The maximum atomic E-state index is 11.9. The van der Waals surface area contributed by atoms with Crippen molar-refractivity contribution in [1.82, 2.24) is 5.32 Å². The third-order valence-corrected chi connectivity index (χ3v) is 4.09. The first-order chi connectivity index (χ1) is 9.86. The van der Waals surface area contributed by atoms with Gasteiger partial charge < -0.3 is 10.4 Å². The molecule has 0 saturated heterocycles. The predicted molar refractivity (Wildman–Crippen MR) is 77.2 cm³/mol. The fraction of sp³-hybridized carbons (Fsp3) is 0.286. The quantitative estimate of drug-likeness (QED) is 0.740. The van der Waals surface area contributed by atoms with E-state index in [4.69, 9.17) is 5.11 Å². The summed E-state index contributed by atoms with van der Waals surface area (Å²) in [5.41, 5.74) is 0. The topological polar surface area (TPSA) is 101 Å². The molecule has 0 aliphatic carbocycles. The average Bonchev–Trinajstić information content (AvgIpc) is 2.45. The molecule has 0 radical (unpaired) electrons. The zero-order valence-corrected chi connectivity index (χ0v) is 12.3. The van der Waals surface area contributed by atoms with Crippen LogP contribution in [0.4, 0.5) is 0 Å². The Bertz CT molecular complexity index is 622. The molecular formula is C14H17NO5S. The van der Waals surface area contributed by atoms with Crippen molar-refractivity contribution in [3.05, 3.63) is 41.8 Å². The van der Waals surface area contributed by atoms with Gasteiger partial charge in [0.05, 0.1) is 4.90 Å². The van der Waals surface area contributed by atoms with E-state index in [0.717, 1.165) is 11.5 Å². The van der Waals surface area contributed by atoms with Gasteiger partial charge in [0.15, 0.2) is 9.84 Å². The van der Waals surface area contributed by atoms with E-state index in [0.29, 0.717) is 6.42 Å². The van der Waals surface area contributed by atoms with Crippen molar-refractivity contribution in [3.63, 3.8) is 0 Å². The Morgan fingerprint density at radius 1 is 1.29 bits per heavy atom. The number of carboxylic acids is 1. The number of nitrogens with one attached hydrogen (secondary N) is 1. The van der Waals surface area contributed by atoms with Crippen molar-refractivity contribution in [2.75, 3.05) is 0 Å². The molecule has 6 nitrogen and oxygen atoms in total. The lowest BCUT2D eigenvalue weighted by Gasteiger charge is -2.11. The zero-order chi connectivity index (χ0) is 15.9. The van der Waals surface area contributed by atoms with Gasteiger partial charge in [0.1, 0.15) is 6.04 Å². The number of hydrogen-bond acceptors (Lipinski definition) is 4. The van der Waals surface area contributed by atoms with Crippen LogP contribution in [-0.4, -0.2) is 31.4 Å². The van der Waals surface area contributed by atoms with Crippen LogP contribution in [-0.2, 0) is 19.4 Å². The normalized spacial score (nSPS) is 13.0. The fourth-order valence-corrected chi connectivity index (χ4v) is 2.60. The summed E-state index contributed by atoms with van der Waals surface area (Å²) in [7, 11) is -3.71. The minimum Gasteiger partial charge on any atom is -0.480 e. The summed E-state index contributed by atoms with van der Waals surface area (Å²) in [5, 5.41) is 11.9. The number of hydrogen-bond donors (Lipinski definition) is 2. The smallest absolute Gasteiger partial charge is 0.326 e. The first kappa shape index (κ1) is 16.9. The highest BCUT2D eigenvalue weighted by Gasteiger charge is 2.18. The van der Waals surface area contributed by atoms with Crippen molar-refractivity contribution in [2.45, 2.75) is 30.7 Å². The number of amides is 1. The Balaban J connectivity index is 2.76. The van der Waals surface area contributed by atoms with E-state index in [1.54, 1.807) is 25.1 Å². The molecule has 0 aliphatic heterocycles. The van der Waals surface area contributed by atoms with Crippen LogP contribution >= 0.6 is 0 Å². The Morgan fingerprint density at radius 3 is 2.43 bits per heavy atom. The monoisotopic (exact) mass is 311 g/mol. The van der Waals surface area contributed by atoms with Crippen LogP contribution in [0.3, 0.4) is 0 Å². The predicted octanol–water partition coefficient (Wildman–Crippen LogP) is 1.34. The third-order valence-electron chi connectivity index (χ3n) is 2.66. The summed E-state index contributed by atoms with van der Waals surface area (Å²) in [6, 6.07) is 6.62. The standard InChI is InChI=1S/C14H17NO5S/c1-2-6-12(14(17)18)15-13(16)9-10-21(19,20)11-7-4-3-5-8-11/h3-5,7-10,12H,2,6H2,1H3,(H,15,16)(H,17,18)/b10-9+. The molecule has 114 valence electrons. The van der Waals surface area contributed by atoms with Gasteiger partial charge in [-0.05, 0) is 18.6 Å². The van der Waals surface area contributed by atoms with E-state index in [9.17, 15) is 18.0 Å². The van der Waals surface area contributed by atoms with Crippen molar-refractivity contribution in [3.8, 4) is 0 Å². The SMILES string of the molecule is CCCC(NC(=O)/C=C/S(=O)(=O)c1ccccc1)C(=O)O. The van der Waals surface area contributed by atoms with Gasteiger partial charge in [0.2, 0.25) is 5.91 Å². The second kappa shape index (κ2) is 7.58. The molecule has 0 aliphatic rings. The summed E-state index contributed by atoms with van der Waals surface area (Å²) < 4.78 is 23.8. The molecule has 1 rings (SSSR count). The molecule has 1 aromatic carbocycles. The van der Waals surface area contributed by atoms with Crippen molar-refractivity contribution < 1.29 is 23.1 Å². The van der Waals surface area contributed by atoms with Crippen molar-refractivity contribution >= 4 is 21.7 Å². The van der Waals surface area contributed by atoms with E-state index in [-0.39, 0.29) is 11.3 Å². The van der Waals surface area contributed by atoms with Crippen LogP contribution in [0.1, 0.15) is 19.8 Å². The number of benzene rings is 1. The molecule has 0 aromatic heterocycles. The highest BCUT2D eigenvalue weighted by molar-refractivity contribution is 7.94. The molecule has 1 atom stereocenters. The van der Waals surface area contributed by atoms with E-state index in [1.165, 1.54) is 12.1 Å². The second-order valence-corrected chi connectivity index (χ2v) is 6.18. The molecule has 1 amide bonds. The minimum absolute atomic E-state index is 0.0670. The van der Waals surface area contributed by atoms with Gasteiger partial charge in [-0.25, -0.2) is 13.2 Å². The summed E-state index contributed by atoms with van der Waals surface area (Å²) in [4.78, 5) is 22.5. The van der Waals surface area contributed by atoms with Crippen LogP contribution in [0.5, 0.6) is 0 Å². The van der Waals surface area contributed by atoms with Crippen LogP contribution in [0.25, 0.3) is 0 Å². The molecular weight excluding hydrogens is 294 g/mol. The molecule has 0 spiro atoms.